The molecule has 102 valence electrons. The van der Waals surface area contributed by atoms with E-state index >= 15 is 0 Å². The Morgan fingerprint density at radius 2 is 1.89 bits per heavy atom. The van der Waals surface area contributed by atoms with Gasteiger partial charge in [0, 0.05) is 23.8 Å². The first-order valence-corrected chi connectivity index (χ1v) is 7.69. The number of hydrogen-bond donors (Lipinski definition) is 0. The molecule has 0 bridgehead atoms. The number of Topliss-reactive ketones (excluding diaryl/α,β-unsaturated/α-hetero) is 2. The van der Waals surface area contributed by atoms with Crippen LogP contribution in [0, 0.1) is 17.8 Å². The van der Waals surface area contributed by atoms with Crippen molar-refractivity contribution >= 4 is 11.6 Å². The summed E-state index contributed by atoms with van der Waals surface area (Å²) in [5.74, 6) is 1.08. The van der Waals surface area contributed by atoms with Crippen molar-refractivity contribution in [1.82, 2.24) is 0 Å². The van der Waals surface area contributed by atoms with Crippen LogP contribution in [0.15, 0.2) is 23.8 Å². The van der Waals surface area contributed by atoms with Crippen molar-refractivity contribution in [2.45, 2.75) is 51.4 Å². The van der Waals surface area contributed by atoms with Gasteiger partial charge in [-0.25, -0.2) is 0 Å². The Bertz CT molecular complexity index is 438. The van der Waals surface area contributed by atoms with E-state index in [1.165, 1.54) is 32.1 Å². The van der Waals surface area contributed by atoms with Gasteiger partial charge in [-0.1, -0.05) is 50.3 Å². The standard InChI is InChI=1S/C17H22O2/c18-16-11-13(10-12-6-2-1-3-7-12)17(19)15-9-5-4-8-14(15)16/h4-5,9,12-14H,1-3,6-8,10-11H2. The van der Waals surface area contributed by atoms with Crippen molar-refractivity contribution in [2.24, 2.45) is 17.8 Å². The lowest BCUT2D eigenvalue weighted by Crippen LogP contribution is -2.36. The van der Waals surface area contributed by atoms with Gasteiger partial charge in [0.25, 0.3) is 0 Å². The van der Waals surface area contributed by atoms with Crippen molar-refractivity contribution < 1.29 is 9.59 Å². The first-order valence-electron chi connectivity index (χ1n) is 7.69. The van der Waals surface area contributed by atoms with Gasteiger partial charge in [-0.3, -0.25) is 9.59 Å². The van der Waals surface area contributed by atoms with Gasteiger partial charge >= 0.3 is 0 Å². The second-order valence-corrected chi connectivity index (χ2v) is 6.31. The Morgan fingerprint density at radius 3 is 2.68 bits per heavy atom. The molecule has 3 aliphatic rings. The fraction of sp³-hybridized carbons (Fsp3) is 0.647. The van der Waals surface area contributed by atoms with Crippen LogP contribution >= 0.6 is 0 Å². The smallest absolute Gasteiger partial charge is 0.163 e. The van der Waals surface area contributed by atoms with Crippen LogP contribution in [0.1, 0.15) is 51.4 Å². The molecule has 3 aliphatic carbocycles. The van der Waals surface area contributed by atoms with Crippen LogP contribution in [-0.4, -0.2) is 11.6 Å². The quantitative estimate of drug-likeness (QED) is 0.758. The number of allylic oxidation sites excluding steroid dienone is 4. The highest BCUT2D eigenvalue weighted by Gasteiger charge is 2.39. The molecule has 2 saturated carbocycles. The summed E-state index contributed by atoms with van der Waals surface area (Å²) < 4.78 is 0. The molecule has 2 nitrogen and oxygen atoms in total. The molecule has 0 aromatic heterocycles. The Hall–Kier alpha value is -1.18. The molecule has 0 spiro atoms. The average molecular weight is 258 g/mol. The number of rotatable bonds is 2. The Kier molecular flexibility index (Phi) is 3.67. The van der Waals surface area contributed by atoms with Crippen LogP contribution in [0.3, 0.4) is 0 Å². The maximum atomic E-state index is 12.5. The summed E-state index contributed by atoms with van der Waals surface area (Å²) in [6, 6.07) is 0. The third-order valence-electron chi connectivity index (χ3n) is 4.99. The fourth-order valence-electron chi connectivity index (χ4n) is 3.92. The minimum Gasteiger partial charge on any atom is -0.299 e. The van der Waals surface area contributed by atoms with Gasteiger partial charge in [0.05, 0.1) is 0 Å². The summed E-state index contributed by atoms with van der Waals surface area (Å²) in [4.78, 5) is 24.7. The van der Waals surface area contributed by atoms with Gasteiger partial charge < -0.3 is 0 Å². The maximum Gasteiger partial charge on any atom is 0.163 e. The molecule has 0 radical (unpaired) electrons. The van der Waals surface area contributed by atoms with E-state index in [0.717, 1.165) is 18.4 Å². The maximum absolute atomic E-state index is 12.5. The van der Waals surface area contributed by atoms with E-state index in [1.54, 1.807) is 0 Å². The minimum absolute atomic E-state index is 0.0235. The van der Waals surface area contributed by atoms with Crippen LogP contribution < -0.4 is 0 Å². The molecule has 0 aliphatic heterocycles. The monoisotopic (exact) mass is 258 g/mol. The van der Waals surface area contributed by atoms with Crippen molar-refractivity contribution in [3.8, 4) is 0 Å². The number of carbonyl (C=O) groups excluding carboxylic acids is 2. The van der Waals surface area contributed by atoms with Crippen molar-refractivity contribution in [3.05, 3.63) is 23.8 Å². The summed E-state index contributed by atoms with van der Waals surface area (Å²) in [5, 5.41) is 0. The normalized spacial score (nSPS) is 32.1. The second-order valence-electron chi connectivity index (χ2n) is 6.31. The summed E-state index contributed by atoms with van der Waals surface area (Å²) in [5.41, 5.74) is 0.791. The zero-order valence-electron chi connectivity index (χ0n) is 11.4. The molecule has 0 saturated heterocycles. The molecular weight excluding hydrogens is 236 g/mol. The van der Waals surface area contributed by atoms with Crippen molar-refractivity contribution in [2.75, 3.05) is 0 Å². The van der Waals surface area contributed by atoms with E-state index in [4.69, 9.17) is 0 Å². The Labute approximate surface area is 115 Å². The lowest BCUT2D eigenvalue weighted by Gasteiger charge is -2.32. The molecule has 19 heavy (non-hydrogen) atoms. The van der Waals surface area contributed by atoms with E-state index < -0.39 is 0 Å². The van der Waals surface area contributed by atoms with Crippen LogP contribution in [0.25, 0.3) is 0 Å². The number of ketones is 2. The Morgan fingerprint density at radius 1 is 1.11 bits per heavy atom. The molecule has 0 N–H and O–H groups in total. The number of carbonyl (C=O) groups is 2. The molecule has 0 amide bonds. The van der Waals surface area contributed by atoms with Gasteiger partial charge in [-0.05, 0) is 18.8 Å². The molecule has 2 unspecified atom stereocenters. The topological polar surface area (TPSA) is 34.1 Å². The summed E-state index contributed by atoms with van der Waals surface area (Å²) >= 11 is 0. The first-order chi connectivity index (χ1) is 9.25. The summed E-state index contributed by atoms with van der Waals surface area (Å²) in [6.07, 6.45) is 14.4. The molecule has 2 heteroatoms. The zero-order chi connectivity index (χ0) is 13.2. The predicted octanol–water partition coefficient (Wildman–Crippen LogP) is 3.62. The van der Waals surface area contributed by atoms with Crippen LogP contribution in [0.4, 0.5) is 0 Å². The van der Waals surface area contributed by atoms with Crippen LogP contribution in [0.5, 0.6) is 0 Å². The van der Waals surface area contributed by atoms with Crippen molar-refractivity contribution in [1.29, 1.82) is 0 Å². The fourth-order valence-corrected chi connectivity index (χ4v) is 3.92. The van der Waals surface area contributed by atoms with Gasteiger partial charge in [0.1, 0.15) is 5.78 Å². The lowest BCUT2D eigenvalue weighted by atomic mass is 9.69. The molecule has 0 aromatic rings. The van der Waals surface area contributed by atoms with Gasteiger partial charge in [0.15, 0.2) is 5.78 Å². The second kappa shape index (κ2) is 5.44. The molecule has 2 fully saturated rings. The number of hydrogen-bond acceptors (Lipinski definition) is 2. The van der Waals surface area contributed by atoms with E-state index in [9.17, 15) is 9.59 Å². The molecule has 0 heterocycles. The van der Waals surface area contributed by atoms with Crippen molar-refractivity contribution in [3.63, 3.8) is 0 Å². The highest BCUT2D eigenvalue weighted by atomic mass is 16.1. The third kappa shape index (κ3) is 2.58. The Balaban J connectivity index is 1.72. The van der Waals surface area contributed by atoms with Crippen LogP contribution in [-0.2, 0) is 9.59 Å². The molecule has 0 aromatic carbocycles. The SMILES string of the molecule is O=C1C2=CC=CCC2C(=O)CC1CC1CCCCC1. The number of fused-ring (bicyclic) bond motifs is 1. The van der Waals surface area contributed by atoms with Gasteiger partial charge in [0.2, 0.25) is 0 Å². The zero-order valence-corrected chi connectivity index (χ0v) is 11.4. The lowest BCUT2D eigenvalue weighted by molar-refractivity contribution is -0.132. The highest BCUT2D eigenvalue weighted by molar-refractivity contribution is 6.09. The van der Waals surface area contributed by atoms with E-state index in [0.29, 0.717) is 12.3 Å². The third-order valence-corrected chi connectivity index (χ3v) is 4.99. The highest BCUT2D eigenvalue weighted by Crippen LogP contribution is 2.38. The van der Waals surface area contributed by atoms with Gasteiger partial charge in [-0.15, -0.1) is 0 Å². The minimum atomic E-state index is -0.125. The molecular formula is C17H22O2. The van der Waals surface area contributed by atoms with E-state index in [-0.39, 0.29) is 23.4 Å². The summed E-state index contributed by atoms with van der Waals surface area (Å²) in [6.45, 7) is 0. The van der Waals surface area contributed by atoms with Gasteiger partial charge in [-0.2, -0.15) is 0 Å². The van der Waals surface area contributed by atoms with E-state index in [2.05, 4.69) is 0 Å². The first kappa shape index (κ1) is 12.8. The van der Waals surface area contributed by atoms with Crippen LogP contribution in [0.2, 0.25) is 0 Å². The van der Waals surface area contributed by atoms with E-state index in [1.807, 2.05) is 18.2 Å². The molecule has 2 atom stereocenters. The molecule has 3 rings (SSSR count). The summed E-state index contributed by atoms with van der Waals surface area (Å²) in [7, 11) is 0. The largest absolute Gasteiger partial charge is 0.299 e. The average Bonchev–Trinajstić information content (AvgIpc) is 2.46. The predicted molar refractivity (Wildman–Crippen MR) is 74.6 cm³/mol.